The molecule has 3 aromatic rings. The number of hydrogen-bond acceptors (Lipinski definition) is 8. The summed E-state index contributed by atoms with van der Waals surface area (Å²) in [6, 6.07) is 13.8. The Balaban J connectivity index is 1.53. The van der Waals surface area contributed by atoms with Gasteiger partial charge in [0.2, 0.25) is 0 Å². The molecule has 2 heterocycles. The first-order valence-electron chi connectivity index (χ1n) is 9.56. The summed E-state index contributed by atoms with van der Waals surface area (Å²) in [5, 5.41) is 55.2. The van der Waals surface area contributed by atoms with Crippen LogP contribution in [0.4, 0.5) is 0 Å². The number of nitrogens with one attached hydrogen (secondary N) is 1. The number of carbonyl (C=O) groups is 1. The maximum Gasteiger partial charge on any atom is 0.335 e. The zero-order valence-electron chi connectivity index (χ0n) is 16.2. The third kappa shape index (κ3) is 4.07. The molecule has 0 aliphatic carbocycles. The van der Waals surface area contributed by atoms with Gasteiger partial charge in [0, 0.05) is 5.56 Å². The van der Waals surface area contributed by atoms with Crippen molar-refractivity contribution in [3.05, 3.63) is 59.9 Å². The van der Waals surface area contributed by atoms with Crippen LogP contribution < -0.4 is 0 Å². The Morgan fingerprint density at radius 3 is 2.06 bits per heavy atom. The number of aromatic carboxylic acids is 1. The largest absolute Gasteiger partial charge is 0.478 e. The topological polar surface area (TPSA) is 169 Å². The van der Waals surface area contributed by atoms with E-state index in [-0.39, 0.29) is 11.4 Å². The molecular weight excluding hydrogens is 406 g/mol. The highest BCUT2D eigenvalue weighted by atomic mass is 16.5. The highest BCUT2D eigenvalue weighted by Gasteiger charge is 2.45. The normalized spacial score (nSPS) is 26.0. The molecule has 0 radical (unpaired) electrons. The molecule has 31 heavy (non-hydrogen) atoms. The number of rotatable bonds is 5. The number of aliphatic hydroxyl groups is 4. The maximum absolute atomic E-state index is 11.0. The van der Waals surface area contributed by atoms with Crippen molar-refractivity contribution in [2.24, 2.45) is 0 Å². The number of H-pyrrole nitrogens is 1. The number of aromatic amines is 1. The van der Waals surface area contributed by atoms with Crippen molar-refractivity contribution in [3.8, 4) is 22.5 Å². The lowest BCUT2D eigenvalue weighted by molar-refractivity contribution is -0.233. The van der Waals surface area contributed by atoms with Crippen LogP contribution in [0.1, 0.15) is 22.3 Å². The summed E-state index contributed by atoms with van der Waals surface area (Å²) >= 11 is 0. The van der Waals surface area contributed by atoms with E-state index in [4.69, 9.17) is 9.84 Å². The van der Waals surface area contributed by atoms with Gasteiger partial charge in [-0.15, -0.1) is 0 Å². The van der Waals surface area contributed by atoms with E-state index in [1.54, 1.807) is 24.3 Å². The first-order valence-corrected chi connectivity index (χ1v) is 9.56. The van der Waals surface area contributed by atoms with Crippen molar-refractivity contribution in [1.82, 2.24) is 15.2 Å². The van der Waals surface area contributed by atoms with E-state index in [1.807, 2.05) is 12.1 Å². The molecule has 6 N–H and O–H groups in total. The van der Waals surface area contributed by atoms with Crippen LogP contribution in [0.3, 0.4) is 0 Å². The Bertz CT molecular complexity index is 1050. The summed E-state index contributed by atoms with van der Waals surface area (Å²) in [6.07, 6.45) is -6.53. The highest BCUT2D eigenvalue weighted by molar-refractivity contribution is 5.88. The molecule has 1 saturated heterocycles. The summed E-state index contributed by atoms with van der Waals surface area (Å²) in [5.74, 6) is -0.498. The molecule has 2 aromatic carbocycles. The van der Waals surface area contributed by atoms with Gasteiger partial charge in [0.05, 0.1) is 12.2 Å². The molecule has 0 spiro atoms. The second-order valence-electron chi connectivity index (χ2n) is 7.25. The van der Waals surface area contributed by atoms with Gasteiger partial charge in [-0.3, -0.25) is 5.10 Å². The molecule has 0 saturated carbocycles. The zero-order valence-corrected chi connectivity index (χ0v) is 16.2. The Morgan fingerprint density at radius 1 is 0.903 bits per heavy atom. The van der Waals surface area contributed by atoms with E-state index in [2.05, 4.69) is 15.2 Å². The van der Waals surface area contributed by atoms with Gasteiger partial charge >= 0.3 is 5.97 Å². The fourth-order valence-electron chi connectivity index (χ4n) is 3.48. The quantitative estimate of drug-likeness (QED) is 0.336. The van der Waals surface area contributed by atoms with Gasteiger partial charge in [-0.1, -0.05) is 36.4 Å². The molecule has 162 valence electrons. The zero-order chi connectivity index (χ0) is 22.1. The van der Waals surface area contributed by atoms with Crippen LogP contribution in [-0.2, 0) is 4.74 Å². The van der Waals surface area contributed by atoms with E-state index < -0.39 is 43.1 Å². The lowest BCUT2D eigenvalue weighted by Crippen LogP contribution is -2.55. The van der Waals surface area contributed by atoms with Gasteiger partial charge in [0.25, 0.3) is 0 Å². The molecule has 1 aliphatic rings. The fourth-order valence-corrected chi connectivity index (χ4v) is 3.48. The van der Waals surface area contributed by atoms with Crippen LogP contribution in [0.15, 0.2) is 48.5 Å². The summed E-state index contributed by atoms with van der Waals surface area (Å²) in [4.78, 5) is 15.3. The molecule has 0 bridgehead atoms. The molecule has 4 rings (SSSR count). The minimum absolute atomic E-state index is 0.153. The number of carboxylic acid groups (broad SMARTS) is 1. The first-order chi connectivity index (χ1) is 14.9. The fraction of sp³-hybridized carbons (Fsp3) is 0.286. The predicted molar refractivity (Wildman–Crippen MR) is 107 cm³/mol. The van der Waals surface area contributed by atoms with Crippen LogP contribution in [0.25, 0.3) is 22.5 Å². The van der Waals surface area contributed by atoms with Crippen LogP contribution in [-0.4, -0.2) is 77.7 Å². The standard InChI is InChI=1S/C21H21N3O7/c25-9-14-15(26)16(27)17(28)18(31-14)20-22-19(23-24-20)12-5-1-10(2-6-12)11-3-7-13(8-4-11)21(29)30/h1-8,14-18,25-28H,9H2,(H,29,30)(H,22,23,24)/t14-,15-,16+,17-,18-/m1/s1. The van der Waals surface area contributed by atoms with Gasteiger partial charge < -0.3 is 30.3 Å². The van der Waals surface area contributed by atoms with E-state index in [0.717, 1.165) is 11.1 Å². The minimum atomic E-state index is -1.50. The summed E-state index contributed by atoms with van der Waals surface area (Å²) in [5.41, 5.74) is 2.62. The SMILES string of the molecule is O=C(O)c1ccc(-c2ccc(-c3n[nH]c([C@@H]4O[C@H](CO)[C@@H](O)[C@H](O)[C@H]4O)n3)cc2)cc1. The lowest BCUT2D eigenvalue weighted by Gasteiger charge is -2.38. The van der Waals surface area contributed by atoms with Crippen molar-refractivity contribution < 1.29 is 35.1 Å². The van der Waals surface area contributed by atoms with Crippen molar-refractivity contribution >= 4 is 5.97 Å². The van der Waals surface area contributed by atoms with E-state index in [1.165, 1.54) is 12.1 Å². The van der Waals surface area contributed by atoms with Gasteiger partial charge in [0.1, 0.15) is 30.5 Å². The van der Waals surface area contributed by atoms with Gasteiger partial charge in [-0.2, -0.15) is 5.10 Å². The number of ether oxygens (including phenoxy) is 1. The van der Waals surface area contributed by atoms with Crippen LogP contribution in [0.5, 0.6) is 0 Å². The number of aliphatic hydroxyl groups excluding tert-OH is 4. The predicted octanol–water partition coefficient (Wildman–Crippen LogP) is 0.352. The summed E-state index contributed by atoms with van der Waals surface area (Å²) < 4.78 is 5.48. The molecule has 1 fully saturated rings. The van der Waals surface area contributed by atoms with Crippen molar-refractivity contribution in [1.29, 1.82) is 0 Å². The third-order valence-corrected chi connectivity index (χ3v) is 5.27. The molecule has 1 aliphatic heterocycles. The van der Waals surface area contributed by atoms with E-state index in [9.17, 15) is 25.2 Å². The maximum atomic E-state index is 11.0. The minimum Gasteiger partial charge on any atom is -0.478 e. The van der Waals surface area contributed by atoms with Gasteiger partial charge in [-0.05, 0) is 23.3 Å². The Hall–Kier alpha value is -3.15. The van der Waals surface area contributed by atoms with Crippen molar-refractivity contribution in [2.75, 3.05) is 6.61 Å². The Morgan fingerprint density at radius 2 is 1.48 bits per heavy atom. The number of nitrogens with zero attached hydrogens (tertiary/aromatic N) is 2. The van der Waals surface area contributed by atoms with Crippen LogP contribution in [0, 0.1) is 0 Å². The lowest BCUT2D eigenvalue weighted by atomic mass is 9.95. The summed E-state index contributed by atoms with van der Waals surface area (Å²) in [7, 11) is 0. The van der Waals surface area contributed by atoms with Crippen LogP contribution >= 0.6 is 0 Å². The monoisotopic (exact) mass is 427 g/mol. The molecule has 10 heteroatoms. The molecular formula is C21H21N3O7. The Kier molecular flexibility index (Phi) is 5.81. The second kappa shape index (κ2) is 8.53. The molecule has 0 amide bonds. The summed E-state index contributed by atoms with van der Waals surface area (Å²) in [6.45, 7) is -0.530. The van der Waals surface area contributed by atoms with Crippen LogP contribution in [0.2, 0.25) is 0 Å². The Labute approximate surface area is 176 Å². The van der Waals surface area contributed by atoms with E-state index >= 15 is 0 Å². The van der Waals surface area contributed by atoms with Gasteiger partial charge in [-0.25, -0.2) is 9.78 Å². The second-order valence-corrected chi connectivity index (χ2v) is 7.25. The third-order valence-electron chi connectivity index (χ3n) is 5.27. The molecule has 0 unspecified atom stereocenters. The average Bonchev–Trinajstić information content (AvgIpc) is 3.28. The van der Waals surface area contributed by atoms with Gasteiger partial charge in [0.15, 0.2) is 11.6 Å². The number of hydrogen-bond donors (Lipinski definition) is 6. The number of carboxylic acids is 1. The molecule has 1 aromatic heterocycles. The number of aromatic nitrogens is 3. The molecule has 10 nitrogen and oxygen atoms in total. The first kappa shape index (κ1) is 21.1. The smallest absolute Gasteiger partial charge is 0.335 e. The number of benzene rings is 2. The average molecular weight is 427 g/mol. The van der Waals surface area contributed by atoms with E-state index in [0.29, 0.717) is 11.4 Å². The highest BCUT2D eigenvalue weighted by Crippen LogP contribution is 2.31. The molecule has 5 atom stereocenters. The van der Waals surface area contributed by atoms with Crippen molar-refractivity contribution in [3.63, 3.8) is 0 Å². The van der Waals surface area contributed by atoms with Crippen molar-refractivity contribution in [2.45, 2.75) is 30.5 Å².